The molecule has 2 heterocycles. The van der Waals surface area contributed by atoms with Crippen LogP contribution in [0, 0.1) is 13.8 Å². The van der Waals surface area contributed by atoms with Crippen LogP contribution in [0.5, 0.6) is 5.75 Å². The molecule has 3 rings (SSSR count). The number of aromatic nitrogens is 4. The lowest BCUT2D eigenvalue weighted by atomic mass is 10.2. The molecule has 0 bridgehead atoms. The van der Waals surface area contributed by atoms with Gasteiger partial charge in [-0.1, -0.05) is 17.7 Å². The highest BCUT2D eigenvalue weighted by Gasteiger charge is 2.04. The molecule has 0 fully saturated rings. The number of hydrogen-bond acceptors (Lipinski definition) is 6. The molecule has 8 heteroatoms. The fraction of sp³-hybridized carbons (Fsp3) is 0.263. The summed E-state index contributed by atoms with van der Waals surface area (Å²) in [5.74, 6) is 1.85. The van der Waals surface area contributed by atoms with E-state index in [-0.39, 0.29) is 12.5 Å². The van der Waals surface area contributed by atoms with Gasteiger partial charge in [0.25, 0.3) is 5.91 Å². The molecule has 1 amide bonds. The van der Waals surface area contributed by atoms with Crippen LogP contribution >= 0.6 is 0 Å². The van der Waals surface area contributed by atoms with Crippen molar-refractivity contribution in [2.75, 3.05) is 25.0 Å². The zero-order valence-corrected chi connectivity index (χ0v) is 15.3. The maximum atomic E-state index is 11.8. The minimum atomic E-state index is -0.173. The SMILES string of the molecule is Cc1ccc(OCC(=O)NCCNc2cc(-n3ccc(C)n3)ncn2)cc1. The van der Waals surface area contributed by atoms with Crippen LogP contribution in [0.2, 0.25) is 0 Å². The number of aryl methyl sites for hydroxylation is 2. The van der Waals surface area contributed by atoms with Crippen molar-refractivity contribution in [1.82, 2.24) is 25.1 Å². The van der Waals surface area contributed by atoms with Crippen molar-refractivity contribution in [3.8, 4) is 11.6 Å². The molecule has 27 heavy (non-hydrogen) atoms. The summed E-state index contributed by atoms with van der Waals surface area (Å²) < 4.78 is 7.13. The maximum Gasteiger partial charge on any atom is 0.258 e. The molecular formula is C19H22N6O2. The van der Waals surface area contributed by atoms with Crippen molar-refractivity contribution < 1.29 is 9.53 Å². The Balaban J connectivity index is 1.39. The third-order valence-electron chi connectivity index (χ3n) is 3.75. The van der Waals surface area contributed by atoms with Gasteiger partial charge in [-0.05, 0) is 32.0 Å². The maximum absolute atomic E-state index is 11.8. The first-order valence-corrected chi connectivity index (χ1v) is 8.65. The summed E-state index contributed by atoms with van der Waals surface area (Å²) in [6.45, 7) is 4.89. The van der Waals surface area contributed by atoms with Gasteiger partial charge in [0.2, 0.25) is 0 Å². The van der Waals surface area contributed by atoms with Gasteiger partial charge < -0.3 is 15.4 Å². The number of nitrogens with one attached hydrogen (secondary N) is 2. The second-order valence-electron chi connectivity index (χ2n) is 6.04. The van der Waals surface area contributed by atoms with Crippen molar-refractivity contribution >= 4 is 11.7 Å². The smallest absolute Gasteiger partial charge is 0.258 e. The number of amides is 1. The molecule has 2 N–H and O–H groups in total. The molecule has 0 unspecified atom stereocenters. The minimum absolute atomic E-state index is 0.0145. The average Bonchev–Trinajstić information content (AvgIpc) is 3.11. The van der Waals surface area contributed by atoms with Crippen molar-refractivity contribution in [2.24, 2.45) is 0 Å². The molecule has 2 aromatic heterocycles. The van der Waals surface area contributed by atoms with Crippen LogP contribution in [-0.2, 0) is 4.79 Å². The zero-order valence-electron chi connectivity index (χ0n) is 15.3. The number of rotatable bonds is 8. The summed E-state index contributed by atoms with van der Waals surface area (Å²) >= 11 is 0. The van der Waals surface area contributed by atoms with E-state index in [1.165, 1.54) is 6.33 Å². The van der Waals surface area contributed by atoms with Crippen molar-refractivity contribution in [3.05, 3.63) is 60.2 Å². The lowest BCUT2D eigenvalue weighted by Crippen LogP contribution is -2.32. The molecule has 3 aromatic rings. The van der Waals surface area contributed by atoms with Crippen molar-refractivity contribution in [1.29, 1.82) is 0 Å². The predicted octanol–water partition coefficient (Wildman–Crippen LogP) is 1.89. The highest BCUT2D eigenvalue weighted by Crippen LogP contribution is 2.11. The Morgan fingerprint density at radius 1 is 1.11 bits per heavy atom. The molecule has 0 atom stereocenters. The Bertz CT molecular complexity index is 891. The topological polar surface area (TPSA) is 94.0 Å². The van der Waals surface area contributed by atoms with E-state index < -0.39 is 0 Å². The van der Waals surface area contributed by atoms with Crippen LogP contribution in [0.3, 0.4) is 0 Å². The van der Waals surface area contributed by atoms with E-state index in [2.05, 4.69) is 25.7 Å². The van der Waals surface area contributed by atoms with E-state index in [1.54, 1.807) is 10.7 Å². The van der Waals surface area contributed by atoms with Crippen LogP contribution in [0.4, 0.5) is 5.82 Å². The number of hydrogen-bond donors (Lipinski definition) is 2. The van der Waals surface area contributed by atoms with Gasteiger partial charge in [0.05, 0.1) is 5.69 Å². The second kappa shape index (κ2) is 8.79. The molecule has 1 aromatic carbocycles. The number of nitrogens with zero attached hydrogens (tertiary/aromatic N) is 4. The van der Waals surface area contributed by atoms with Crippen LogP contribution in [0.15, 0.2) is 48.9 Å². The van der Waals surface area contributed by atoms with Crippen LogP contribution in [0.25, 0.3) is 5.82 Å². The first-order valence-electron chi connectivity index (χ1n) is 8.65. The van der Waals surface area contributed by atoms with Gasteiger partial charge in [-0.15, -0.1) is 0 Å². The summed E-state index contributed by atoms with van der Waals surface area (Å²) in [7, 11) is 0. The molecule has 0 saturated heterocycles. The van der Waals surface area contributed by atoms with E-state index in [1.807, 2.05) is 50.4 Å². The van der Waals surface area contributed by atoms with Gasteiger partial charge >= 0.3 is 0 Å². The van der Waals surface area contributed by atoms with E-state index in [9.17, 15) is 4.79 Å². The summed E-state index contributed by atoms with van der Waals surface area (Å²) in [6, 6.07) is 11.3. The highest BCUT2D eigenvalue weighted by molar-refractivity contribution is 5.77. The van der Waals surface area contributed by atoms with Gasteiger partial charge in [-0.25, -0.2) is 14.6 Å². The van der Waals surface area contributed by atoms with Gasteiger partial charge in [0.1, 0.15) is 17.9 Å². The first-order chi connectivity index (χ1) is 13.1. The monoisotopic (exact) mass is 366 g/mol. The lowest BCUT2D eigenvalue weighted by molar-refractivity contribution is -0.123. The summed E-state index contributed by atoms with van der Waals surface area (Å²) in [4.78, 5) is 20.2. The molecule has 0 aliphatic carbocycles. The fourth-order valence-electron chi connectivity index (χ4n) is 2.34. The second-order valence-corrected chi connectivity index (χ2v) is 6.04. The van der Waals surface area contributed by atoms with Crippen LogP contribution < -0.4 is 15.4 Å². The number of benzene rings is 1. The van der Waals surface area contributed by atoms with E-state index in [0.717, 1.165) is 11.3 Å². The van der Waals surface area contributed by atoms with Crippen molar-refractivity contribution in [2.45, 2.75) is 13.8 Å². The lowest BCUT2D eigenvalue weighted by Gasteiger charge is -2.09. The summed E-state index contributed by atoms with van der Waals surface area (Å²) in [5.41, 5.74) is 2.06. The number of ether oxygens (including phenoxy) is 1. The van der Waals surface area contributed by atoms with E-state index in [4.69, 9.17) is 4.74 Å². The summed E-state index contributed by atoms with van der Waals surface area (Å²) in [5, 5.41) is 10.3. The van der Waals surface area contributed by atoms with Gasteiger partial charge in [-0.2, -0.15) is 5.10 Å². The number of carbonyl (C=O) groups is 1. The highest BCUT2D eigenvalue weighted by atomic mass is 16.5. The van der Waals surface area contributed by atoms with E-state index in [0.29, 0.717) is 30.5 Å². The molecule has 8 nitrogen and oxygen atoms in total. The average molecular weight is 366 g/mol. The predicted molar refractivity (Wildman–Crippen MR) is 102 cm³/mol. The van der Waals surface area contributed by atoms with Crippen LogP contribution in [0.1, 0.15) is 11.3 Å². The van der Waals surface area contributed by atoms with Gasteiger partial charge in [0, 0.05) is 25.4 Å². The third kappa shape index (κ3) is 5.53. The molecule has 0 spiro atoms. The normalized spacial score (nSPS) is 10.4. The standard InChI is InChI=1S/C19H22N6O2/c1-14-3-5-16(6-4-14)27-12-19(26)21-9-8-20-17-11-18(23-13-22-17)25-10-7-15(2)24-25/h3-7,10-11,13H,8-9,12H2,1-2H3,(H,21,26)(H,20,22,23). The third-order valence-corrected chi connectivity index (χ3v) is 3.75. The summed E-state index contributed by atoms with van der Waals surface area (Å²) in [6.07, 6.45) is 3.32. The zero-order chi connectivity index (χ0) is 19.1. The molecular weight excluding hydrogens is 344 g/mol. The molecule has 0 saturated carbocycles. The van der Waals surface area contributed by atoms with E-state index >= 15 is 0 Å². The number of carbonyl (C=O) groups excluding carboxylic acids is 1. The molecule has 0 aliphatic rings. The van der Waals surface area contributed by atoms with Crippen molar-refractivity contribution in [3.63, 3.8) is 0 Å². The Labute approximate surface area is 157 Å². The Hall–Kier alpha value is -3.42. The first kappa shape index (κ1) is 18.4. The molecule has 0 radical (unpaired) electrons. The number of anilines is 1. The Kier molecular flexibility index (Phi) is 5.98. The molecule has 0 aliphatic heterocycles. The fourth-order valence-corrected chi connectivity index (χ4v) is 2.34. The largest absolute Gasteiger partial charge is 0.484 e. The Morgan fingerprint density at radius 2 is 1.93 bits per heavy atom. The van der Waals surface area contributed by atoms with Gasteiger partial charge in [-0.3, -0.25) is 4.79 Å². The molecule has 140 valence electrons. The Morgan fingerprint density at radius 3 is 2.67 bits per heavy atom. The quantitative estimate of drug-likeness (QED) is 0.591. The minimum Gasteiger partial charge on any atom is -0.484 e. The van der Waals surface area contributed by atoms with Crippen LogP contribution in [-0.4, -0.2) is 45.4 Å². The van der Waals surface area contributed by atoms with Gasteiger partial charge in [0.15, 0.2) is 12.4 Å².